The third-order valence-electron chi connectivity index (χ3n) is 3.10. The first kappa shape index (κ1) is 14.3. The van der Waals surface area contributed by atoms with Crippen molar-refractivity contribution >= 4 is 38.4 Å². The number of benzene rings is 2. The molecule has 0 saturated heterocycles. The van der Waals surface area contributed by atoms with Crippen molar-refractivity contribution in [3.8, 4) is 11.5 Å². The van der Waals surface area contributed by atoms with E-state index in [-0.39, 0.29) is 6.61 Å². The Balaban J connectivity index is 2.02. The molecule has 0 saturated carbocycles. The fraction of sp³-hybridized carbons (Fsp3) is 0.0625. The summed E-state index contributed by atoms with van der Waals surface area (Å²) in [5.74, 6) is 1.30. The molecule has 0 unspecified atom stereocenters. The zero-order valence-corrected chi connectivity index (χ0v) is 13.2. The Morgan fingerprint density at radius 3 is 2.81 bits per heavy atom. The van der Waals surface area contributed by atoms with E-state index < -0.39 is 0 Å². The highest BCUT2D eigenvalue weighted by Gasteiger charge is 2.09. The van der Waals surface area contributed by atoms with Crippen molar-refractivity contribution in [2.24, 2.45) is 0 Å². The van der Waals surface area contributed by atoms with E-state index in [0.717, 1.165) is 15.4 Å². The van der Waals surface area contributed by atoms with Crippen molar-refractivity contribution in [2.45, 2.75) is 6.61 Å². The lowest BCUT2D eigenvalue weighted by Gasteiger charge is -2.10. The lowest BCUT2D eigenvalue weighted by Crippen LogP contribution is -1.90. The van der Waals surface area contributed by atoms with Gasteiger partial charge in [-0.2, -0.15) is 0 Å². The van der Waals surface area contributed by atoms with Gasteiger partial charge in [0.15, 0.2) is 5.75 Å². The zero-order valence-electron chi connectivity index (χ0n) is 10.9. The second kappa shape index (κ2) is 6.02. The van der Waals surface area contributed by atoms with Crippen LogP contribution in [-0.2, 0) is 6.61 Å². The molecule has 0 aliphatic heterocycles. The maximum absolute atomic E-state index is 9.18. The van der Waals surface area contributed by atoms with Gasteiger partial charge < -0.3 is 9.84 Å². The molecule has 3 nitrogen and oxygen atoms in total. The highest BCUT2D eigenvalue weighted by Crippen LogP contribution is 2.33. The lowest BCUT2D eigenvalue weighted by molar-refractivity contribution is 0.281. The van der Waals surface area contributed by atoms with Crippen molar-refractivity contribution in [1.29, 1.82) is 0 Å². The second-order valence-electron chi connectivity index (χ2n) is 4.46. The summed E-state index contributed by atoms with van der Waals surface area (Å²) in [4.78, 5) is 4.33. The second-order valence-corrected chi connectivity index (χ2v) is 5.72. The fourth-order valence-electron chi connectivity index (χ4n) is 2.04. The van der Waals surface area contributed by atoms with Gasteiger partial charge in [0.1, 0.15) is 11.3 Å². The minimum Gasteiger partial charge on any atom is -0.455 e. The molecule has 2 aromatic carbocycles. The minimum atomic E-state index is -0.0215. The Morgan fingerprint density at radius 2 is 2.05 bits per heavy atom. The van der Waals surface area contributed by atoms with E-state index >= 15 is 0 Å². The van der Waals surface area contributed by atoms with Gasteiger partial charge >= 0.3 is 0 Å². The molecular formula is C16H11BrClNO2. The Bertz CT molecular complexity index is 807. The Morgan fingerprint density at radius 1 is 1.19 bits per heavy atom. The molecule has 0 bridgehead atoms. The first-order valence-electron chi connectivity index (χ1n) is 6.29. The summed E-state index contributed by atoms with van der Waals surface area (Å²) in [5, 5.41) is 10.7. The summed E-state index contributed by atoms with van der Waals surface area (Å²) in [5.41, 5.74) is 1.52. The maximum Gasteiger partial charge on any atom is 0.153 e. The number of pyridine rings is 1. The van der Waals surface area contributed by atoms with E-state index in [9.17, 15) is 5.11 Å². The minimum absolute atomic E-state index is 0.0215. The SMILES string of the molecule is OCc1ccc(Oc2ccc(Cl)c3cccnc23)cc1Br. The van der Waals surface area contributed by atoms with Crippen molar-refractivity contribution in [2.75, 3.05) is 0 Å². The van der Waals surface area contributed by atoms with Gasteiger partial charge in [0, 0.05) is 16.1 Å². The first-order chi connectivity index (χ1) is 10.2. The number of rotatable bonds is 3. The number of halogens is 2. The molecule has 3 rings (SSSR count). The molecule has 0 fully saturated rings. The monoisotopic (exact) mass is 363 g/mol. The first-order valence-corrected chi connectivity index (χ1v) is 7.46. The van der Waals surface area contributed by atoms with Crippen molar-refractivity contribution in [3.63, 3.8) is 0 Å². The van der Waals surface area contributed by atoms with Crippen LogP contribution in [0.1, 0.15) is 5.56 Å². The van der Waals surface area contributed by atoms with Crippen LogP contribution in [0.4, 0.5) is 0 Å². The van der Waals surface area contributed by atoms with Crippen LogP contribution in [0.3, 0.4) is 0 Å². The number of hydrogen-bond acceptors (Lipinski definition) is 3. The quantitative estimate of drug-likeness (QED) is 0.716. The van der Waals surface area contributed by atoms with Gasteiger partial charge in [-0.1, -0.05) is 33.6 Å². The molecule has 0 radical (unpaired) electrons. The number of nitrogens with zero attached hydrogens (tertiary/aromatic N) is 1. The summed E-state index contributed by atoms with van der Waals surface area (Å²) in [6, 6.07) is 12.8. The average Bonchev–Trinajstić information content (AvgIpc) is 2.51. The van der Waals surface area contributed by atoms with Crippen LogP contribution in [-0.4, -0.2) is 10.1 Å². The maximum atomic E-state index is 9.18. The number of aromatic nitrogens is 1. The Labute approximate surface area is 135 Å². The third kappa shape index (κ3) is 2.88. The van der Waals surface area contributed by atoms with Crippen LogP contribution in [0, 0.1) is 0 Å². The van der Waals surface area contributed by atoms with E-state index in [1.807, 2.05) is 24.3 Å². The van der Waals surface area contributed by atoms with Crippen molar-refractivity contribution in [1.82, 2.24) is 4.98 Å². The molecule has 0 aliphatic carbocycles. The summed E-state index contributed by atoms with van der Waals surface area (Å²) in [6.07, 6.45) is 1.70. The highest BCUT2D eigenvalue weighted by molar-refractivity contribution is 9.10. The molecule has 0 atom stereocenters. The largest absolute Gasteiger partial charge is 0.455 e. The number of fused-ring (bicyclic) bond motifs is 1. The van der Waals surface area contributed by atoms with Crippen LogP contribution in [0.2, 0.25) is 5.02 Å². The van der Waals surface area contributed by atoms with Gasteiger partial charge in [0.2, 0.25) is 0 Å². The van der Waals surface area contributed by atoms with Gasteiger partial charge in [-0.05, 0) is 42.0 Å². The summed E-state index contributed by atoms with van der Waals surface area (Å²) in [6.45, 7) is -0.0215. The van der Waals surface area contributed by atoms with Crippen LogP contribution in [0.15, 0.2) is 53.1 Å². The molecule has 1 aromatic heterocycles. The normalized spacial score (nSPS) is 10.8. The smallest absolute Gasteiger partial charge is 0.153 e. The average molecular weight is 365 g/mol. The Hall–Kier alpha value is -1.62. The van der Waals surface area contributed by atoms with Gasteiger partial charge in [0.25, 0.3) is 0 Å². The zero-order chi connectivity index (χ0) is 14.8. The van der Waals surface area contributed by atoms with E-state index in [2.05, 4.69) is 20.9 Å². The molecule has 21 heavy (non-hydrogen) atoms. The van der Waals surface area contributed by atoms with Gasteiger partial charge in [-0.25, -0.2) is 0 Å². The standard InChI is InChI=1S/C16H11BrClNO2/c17-13-8-11(4-3-10(13)9-20)21-15-6-5-14(18)12-2-1-7-19-16(12)15/h1-8,20H,9H2. The summed E-state index contributed by atoms with van der Waals surface area (Å²) >= 11 is 9.57. The molecule has 0 spiro atoms. The molecular weight excluding hydrogens is 354 g/mol. The number of aliphatic hydroxyl groups is 1. The molecule has 0 amide bonds. The molecule has 5 heteroatoms. The molecule has 106 valence electrons. The van der Waals surface area contributed by atoms with Crippen LogP contribution < -0.4 is 4.74 Å². The fourth-order valence-corrected chi connectivity index (χ4v) is 2.74. The van der Waals surface area contributed by atoms with Crippen LogP contribution in [0.5, 0.6) is 11.5 Å². The van der Waals surface area contributed by atoms with Crippen molar-refractivity contribution in [3.05, 3.63) is 63.7 Å². The number of aliphatic hydroxyl groups excluding tert-OH is 1. The predicted octanol–water partition coefficient (Wildman–Crippen LogP) is 4.94. The van der Waals surface area contributed by atoms with Crippen molar-refractivity contribution < 1.29 is 9.84 Å². The van der Waals surface area contributed by atoms with Gasteiger partial charge in [-0.3, -0.25) is 4.98 Å². The molecule has 1 heterocycles. The van der Waals surface area contributed by atoms with Crippen LogP contribution >= 0.6 is 27.5 Å². The van der Waals surface area contributed by atoms with E-state index in [4.69, 9.17) is 16.3 Å². The van der Waals surface area contributed by atoms with Gasteiger partial charge in [-0.15, -0.1) is 0 Å². The molecule has 0 aliphatic rings. The van der Waals surface area contributed by atoms with E-state index in [1.165, 1.54) is 0 Å². The van der Waals surface area contributed by atoms with E-state index in [1.54, 1.807) is 24.4 Å². The summed E-state index contributed by atoms with van der Waals surface area (Å²) in [7, 11) is 0. The van der Waals surface area contributed by atoms with E-state index in [0.29, 0.717) is 22.0 Å². The summed E-state index contributed by atoms with van der Waals surface area (Å²) < 4.78 is 6.69. The molecule has 3 aromatic rings. The lowest BCUT2D eigenvalue weighted by atomic mass is 10.2. The topological polar surface area (TPSA) is 42.4 Å². The van der Waals surface area contributed by atoms with Crippen LogP contribution in [0.25, 0.3) is 10.9 Å². The Kier molecular flexibility index (Phi) is 4.10. The highest BCUT2D eigenvalue weighted by atomic mass is 79.9. The predicted molar refractivity (Wildman–Crippen MR) is 86.9 cm³/mol. The third-order valence-corrected chi connectivity index (χ3v) is 4.17. The number of ether oxygens (including phenoxy) is 1. The number of hydrogen-bond donors (Lipinski definition) is 1. The van der Waals surface area contributed by atoms with Gasteiger partial charge in [0.05, 0.1) is 11.6 Å². The molecule has 1 N–H and O–H groups in total.